The van der Waals surface area contributed by atoms with Gasteiger partial charge in [0.1, 0.15) is 18.0 Å². The molecule has 0 saturated carbocycles. The van der Waals surface area contributed by atoms with E-state index in [2.05, 4.69) is 4.98 Å². The molecule has 1 N–H and O–H groups in total. The molecule has 1 aliphatic rings. The Morgan fingerprint density at radius 2 is 2.08 bits per heavy atom. The molecule has 1 saturated heterocycles. The maximum atomic E-state index is 13.3. The highest BCUT2D eigenvalue weighted by Crippen LogP contribution is 2.27. The van der Waals surface area contributed by atoms with E-state index in [1.54, 1.807) is 23.2 Å². The van der Waals surface area contributed by atoms with E-state index in [1.807, 2.05) is 22.8 Å². The first-order valence-electron chi connectivity index (χ1n) is 8.78. The summed E-state index contributed by atoms with van der Waals surface area (Å²) in [5.41, 5.74) is 2.37. The van der Waals surface area contributed by atoms with Crippen molar-refractivity contribution in [3.05, 3.63) is 54.5 Å². The van der Waals surface area contributed by atoms with Crippen LogP contribution in [-0.4, -0.2) is 44.7 Å². The Hall–Kier alpha value is -2.73. The van der Waals surface area contributed by atoms with Gasteiger partial charge in [0.15, 0.2) is 0 Å². The van der Waals surface area contributed by atoms with Crippen molar-refractivity contribution in [1.29, 1.82) is 0 Å². The number of aliphatic hydroxyl groups is 1. The van der Waals surface area contributed by atoms with Gasteiger partial charge in [0.2, 0.25) is 5.91 Å². The van der Waals surface area contributed by atoms with Crippen LogP contribution in [0.15, 0.2) is 48.7 Å². The lowest BCUT2D eigenvalue weighted by atomic mass is 10.1. The van der Waals surface area contributed by atoms with Gasteiger partial charge in [0.25, 0.3) is 0 Å². The largest absolute Gasteiger partial charge is 0.391 e. The van der Waals surface area contributed by atoms with Crippen molar-refractivity contribution in [3.63, 3.8) is 0 Å². The summed E-state index contributed by atoms with van der Waals surface area (Å²) in [4.78, 5) is 18.9. The van der Waals surface area contributed by atoms with Crippen LogP contribution in [0.2, 0.25) is 0 Å². The van der Waals surface area contributed by atoms with Crippen molar-refractivity contribution in [3.8, 4) is 11.3 Å². The number of benzene rings is 1. The van der Waals surface area contributed by atoms with Gasteiger partial charge in [-0.05, 0) is 60.9 Å². The van der Waals surface area contributed by atoms with E-state index in [0.717, 1.165) is 35.1 Å². The maximum Gasteiger partial charge on any atom is 0.242 e. The van der Waals surface area contributed by atoms with Crippen LogP contribution in [0.1, 0.15) is 12.8 Å². The first kappa shape index (κ1) is 16.7. The summed E-state index contributed by atoms with van der Waals surface area (Å²) in [6.07, 6.45) is 2.78. The second-order valence-electron chi connectivity index (χ2n) is 6.67. The molecular formula is C20H20FN3O2. The third-order valence-corrected chi connectivity index (χ3v) is 4.84. The Morgan fingerprint density at radius 1 is 1.27 bits per heavy atom. The van der Waals surface area contributed by atoms with Crippen molar-refractivity contribution in [1.82, 2.24) is 14.5 Å². The second kappa shape index (κ2) is 6.88. The monoisotopic (exact) mass is 353 g/mol. The lowest BCUT2D eigenvalue weighted by molar-refractivity contribution is -0.134. The molecule has 3 aromatic rings. The highest BCUT2D eigenvalue weighted by Gasteiger charge is 2.23. The fraction of sp³-hybridized carbons (Fsp3) is 0.300. The van der Waals surface area contributed by atoms with Crippen molar-refractivity contribution < 1.29 is 14.3 Å². The van der Waals surface area contributed by atoms with Crippen LogP contribution in [-0.2, 0) is 11.3 Å². The van der Waals surface area contributed by atoms with Crippen molar-refractivity contribution in [2.45, 2.75) is 25.5 Å². The van der Waals surface area contributed by atoms with Crippen LogP contribution in [0, 0.1) is 5.82 Å². The normalized spacial score (nSPS) is 17.6. The zero-order valence-corrected chi connectivity index (χ0v) is 14.3. The molecule has 0 bridgehead atoms. The summed E-state index contributed by atoms with van der Waals surface area (Å²) in [6, 6.07) is 12.0. The van der Waals surface area contributed by atoms with Crippen LogP contribution in [0.4, 0.5) is 4.39 Å². The average Bonchev–Trinajstić information content (AvgIpc) is 3.01. The molecule has 0 radical (unpaired) electrons. The summed E-state index contributed by atoms with van der Waals surface area (Å²) in [5, 5.41) is 10.8. The molecule has 5 nitrogen and oxygen atoms in total. The highest BCUT2D eigenvalue weighted by molar-refractivity contribution is 5.87. The molecule has 26 heavy (non-hydrogen) atoms. The first-order chi connectivity index (χ1) is 12.6. The number of carbonyl (C=O) groups excluding carboxylic acids is 1. The van der Waals surface area contributed by atoms with Gasteiger partial charge < -0.3 is 14.6 Å². The molecule has 134 valence electrons. The van der Waals surface area contributed by atoms with Crippen LogP contribution < -0.4 is 0 Å². The van der Waals surface area contributed by atoms with Gasteiger partial charge in [-0.15, -0.1) is 0 Å². The molecule has 6 heteroatoms. The number of nitrogens with zero attached hydrogens (tertiary/aromatic N) is 3. The average molecular weight is 353 g/mol. The Bertz CT molecular complexity index is 936. The van der Waals surface area contributed by atoms with Crippen LogP contribution >= 0.6 is 0 Å². The standard InChI is InChI=1S/C20H20FN3O2/c21-16-7-5-14(6-8-16)18-11-15-3-1-9-22-20(15)24(18)13-19(26)23-10-2-4-17(25)12-23/h1,3,5-9,11,17,25H,2,4,10,12-13H2/t17-/m1/s1. The number of carbonyl (C=O) groups is 1. The molecule has 1 fully saturated rings. The van der Waals surface area contributed by atoms with Gasteiger partial charge >= 0.3 is 0 Å². The topological polar surface area (TPSA) is 58.4 Å². The fourth-order valence-electron chi connectivity index (χ4n) is 3.52. The molecule has 2 aromatic heterocycles. The molecule has 4 rings (SSSR count). The van der Waals surface area contributed by atoms with Gasteiger partial charge in [-0.1, -0.05) is 0 Å². The zero-order valence-electron chi connectivity index (χ0n) is 14.3. The Labute approximate surface area is 150 Å². The quantitative estimate of drug-likeness (QED) is 0.788. The van der Waals surface area contributed by atoms with Crippen LogP contribution in [0.5, 0.6) is 0 Å². The predicted octanol–water partition coefficient (Wildman–Crippen LogP) is 2.83. The van der Waals surface area contributed by atoms with E-state index in [9.17, 15) is 14.3 Å². The number of aliphatic hydroxyl groups excluding tert-OH is 1. The first-order valence-corrected chi connectivity index (χ1v) is 8.78. The summed E-state index contributed by atoms with van der Waals surface area (Å²) < 4.78 is 15.2. The van der Waals surface area contributed by atoms with E-state index in [1.165, 1.54) is 12.1 Å². The van der Waals surface area contributed by atoms with Gasteiger partial charge in [-0.25, -0.2) is 9.37 Å². The number of aromatic nitrogens is 2. The smallest absolute Gasteiger partial charge is 0.242 e. The Morgan fingerprint density at radius 3 is 2.85 bits per heavy atom. The summed E-state index contributed by atoms with van der Waals surface area (Å²) in [7, 11) is 0. The molecule has 1 amide bonds. The lowest BCUT2D eigenvalue weighted by Crippen LogP contribution is -2.43. The third-order valence-electron chi connectivity index (χ3n) is 4.84. The van der Waals surface area contributed by atoms with E-state index >= 15 is 0 Å². The number of β-amino-alcohol motifs (C(OH)–C–C–N with tert-alkyl or cyclic N) is 1. The van der Waals surface area contributed by atoms with E-state index in [4.69, 9.17) is 0 Å². The molecule has 1 atom stereocenters. The zero-order chi connectivity index (χ0) is 18.1. The number of rotatable bonds is 3. The molecule has 3 heterocycles. The van der Waals surface area contributed by atoms with E-state index < -0.39 is 6.10 Å². The van der Waals surface area contributed by atoms with Crippen molar-refractivity contribution in [2.24, 2.45) is 0 Å². The highest BCUT2D eigenvalue weighted by atomic mass is 19.1. The van der Waals surface area contributed by atoms with Gasteiger partial charge in [0.05, 0.1) is 11.8 Å². The number of hydrogen-bond donors (Lipinski definition) is 1. The molecule has 0 aliphatic carbocycles. The second-order valence-corrected chi connectivity index (χ2v) is 6.67. The van der Waals surface area contributed by atoms with E-state index in [0.29, 0.717) is 13.1 Å². The molecule has 1 aromatic carbocycles. The van der Waals surface area contributed by atoms with Crippen molar-refractivity contribution >= 4 is 16.9 Å². The number of amides is 1. The lowest BCUT2D eigenvalue weighted by Gasteiger charge is -2.30. The van der Waals surface area contributed by atoms with Crippen LogP contribution in [0.25, 0.3) is 22.3 Å². The summed E-state index contributed by atoms with van der Waals surface area (Å²) >= 11 is 0. The fourth-order valence-corrected chi connectivity index (χ4v) is 3.52. The third kappa shape index (κ3) is 3.20. The van der Waals surface area contributed by atoms with Gasteiger partial charge in [-0.3, -0.25) is 4.79 Å². The number of hydrogen-bond acceptors (Lipinski definition) is 3. The number of pyridine rings is 1. The molecular weight excluding hydrogens is 333 g/mol. The summed E-state index contributed by atoms with van der Waals surface area (Å²) in [6.45, 7) is 1.17. The Balaban J connectivity index is 1.72. The summed E-state index contributed by atoms with van der Waals surface area (Å²) in [5.74, 6) is -0.344. The van der Waals surface area contributed by atoms with Gasteiger partial charge in [0, 0.05) is 24.7 Å². The number of halogens is 1. The van der Waals surface area contributed by atoms with Gasteiger partial charge in [-0.2, -0.15) is 0 Å². The number of likely N-dealkylation sites (tertiary alicyclic amines) is 1. The van der Waals surface area contributed by atoms with Crippen molar-refractivity contribution in [2.75, 3.05) is 13.1 Å². The maximum absolute atomic E-state index is 13.3. The number of fused-ring (bicyclic) bond motifs is 1. The molecule has 1 aliphatic heterocycles. The minimum atomic E-state index is -0.455. The number of piperidine rings is 1. The Kier molecular flexibility index (Phi) is 4.42. The predicted molar refractivity (Wildman–Crippen MR) is 96.9 cm³/mol. The van der Waals surface area contributed by atoms with Crippen LogP contribution in [0.3, 0.4) is 0 Å². The minimum Gasteiger partial charge on any atom is -0.391 e. The molecule has 0 spiro atoms. The molecule has 0 unspecified atom stereocenters. The van der Waals surface area contributed by atoms with E-state index in [-0.39, 0.29) is 18.3 Å². The SMILES string of the molecule is O=C(Cn1c(-c2ccc(F)cc2)cc2cccnc21)N1CCC[C@@H](O)C1. The minimum absolute atomic E-state index is 0.0461.